The first-order valence-corrected chi connectivity index (χ1v) is 5.36. The number of likely N-dealkylation sites (N-methyl/N-ethyl adjacent to an activating group) is 1. The molecule has 0 aromatic rings. The molecule has 0 unspecified atom stereocenters. The maximum Gasteiger partial charge on any atom is 0.236 e. The molecule has 0 spiro atoms. The zero-order chi connectivity index (χ0) is 9.97. The van der Waals surface area contributed by atoms with E-state index in [-0.39, 0.29) is 18.1 Å². The molecule has 1 saturated heterocycles. The lowest BCUT2D eigenvalue weighted by Crippen LogP contribution is -2.38. The normalized spacial score (nSPS) is 31.8. The van der Waals surface area contributed by atoms with Crippen LogP contribution >= 0.6 is 0 Å². The van der Waals surface area contributed by atoms with Crippen molar-refractivity contribution in [1.82, 2.24) is 10.6 Å². The Kier molecular flexibility index (Phi) is 3.03. The van der Waals surface area contributed by atoms with Crippen molar-refractivity contribution in [2.24, 2.45) is 5.92 Å². The summed E-state index contributed by atoms with van der Waals surface area (Å²) in [5, 5.41) is 5.81. The second kappa shape index (κ2) is 4.28. The van der Waals surface area contributed by atoms with Crippen molar-refractivity contribution in [2.45, 2.75) is 31.4 Å². The molecule has 0 radical (unpaired) electrons. The number of ether oxygens (including phenoxy) is 1. The molecule has 4 heteroatoms. The van der Waals surface area contributed by atoms with Crippen LogP contribution in [0.2, 0.25) is 0 Å². The van der Waals surface area contributed by atoms with Crippen molar-refractivity contribution in [2.75, 3.05) is 20.2 Å². The highest BCUT2D eigenvalue weighted by molar-refractivity contribution is 5.81. The minimum atomic E-state index is -0.0517. The van der Waals surface area contributed by atoms with Crippen LogP contribution in [-0.2, 0) is 9.53 Å². The molecular weight excluding hydrogens is 180 g/mol. The van der Waals surface area contributed by atoms with Crippen molar-refractivity contribution in [3.63, 3.8) is 0 Å². The maximum atomic E-state index is 11.3. The summed E-state index contributed by atoms with van der Waals surface area (Å²) in [6.45, 7) is 1.69. The molecule has 2 atom stereocenters. The van der Waals surface area contributed by atoms with E-state index in [4.69, 9.17) is 4.74 Å². The monoisotopic (exact) mass is 198 g/mol. The van der Waals surface area contributed by atoms with Crippen molar-refractivity contribution in [1.29, 1.82) is 0 Å². The zero-order valence-electron chi connectivity index (χ0n) is 8.58. The van der Waals surface area contributed by atoms with Gasteiger partial charge in [0.1, 0.15) is 0 Å². The minimum Gasteiger partial charge on any atom is -0.377 e. The Balaban J connectivity index is 1.67. The van der Waals surface area contributed by atoms with Crippen LogP contribution in [0.4, 0.5) is 0 Å². The van der Waals surface area contributed by atoms with Gasteiger partial charge < -0.3 is 15.4 Å². The number of carbonyl (C=O) groups excluding carboxylic acids is 1. The first-order valence-electron chi connectivity index (χ1n) is 5.36. The Morgan fingerprint density at radius 1 is 1.57 bits per heavy atom. The highest BCUT2D eigenvalue weighted by Crippen LogP contribution is 2.29. The molecule has 1 saturated carbocycles. The van der Waals surface area contributed by atoms with Gasteiger partial charge in [-0.1, -0.05) is 0 Å². The molecule has 2 rings (SSSR count). The molecule has 1 aliphatic carbocycles. The highest BCUT2D eigenvalue weighted by Gasteiger charge is 2.31. The lowest BCUT2D eigenvalue weighted by Gasteiger charge is -2.10. The first kappa shape index (κ1) is 9.93. The number of amides is 1. The fourth-order valence-electron chi connectivity index (χ4n) is 1.76. The summed E-state index contributed by atoms with van der Waals surface area (Å²) in [4.78, 5) is 11.3. The van der Waals surface area contributed by atoms with Gasteiger partial charge in [-0.3, -0.25) is 4.79 Å². The summed E-state index contributed by atoms with van der Waals surface area (Å²) in [6.07, 6.45) is 3.68. The van der Waals surface area contributed by atoms with Crippen molar-refractivity contribution >= 4 is 5.91 Å². The number of hydrogen-bond acceptors (Lipinski definition) is 3. The third kappa shape index (κ3) is 2.45. The van der Waals surface area contributed by atoms with Crippen LogP contribution in [0.1, 0.15) is 19.3 Å². The second-order valence-electron chi connectivity index (χ2n) is 4.21. The number of rotatable bonds is 4. The molecule has 0 aromatic heterocycles. The average Bonchev–Trinajstić information content (AvgIpc) is 2.92. The lowest BCUT2D eigenvalue weighted by atomic mass is 10.2. The molecule has 2 N–H and O–H groups in total. The maximum absolute atomic E-state index is 11.3. The molecule has 80 valence electrons. The van der Waals surface area contributed by atoms with E-state index in [9.17, 15) is 4.79 Å². The predicted molar refractivity (Wildman–Crippen MR) is 52.9 cm³/mol. The molecule has 1 aliphatic heterocycles. The van der Waals surface area contributed by atoms with E-state index >= 15 is 0 Å². The van der Waals surface area contributed by atoms with Crippen LogP contribution in [0, 0.1) is 5.92 Å². The van der Waals surface area contributed by atoms with E-state index in [1.165, 1.54) is 12.8 Å². The molecule has 2 fully saturated rings. The van der Waals surface area contributed by atoms with Crippen LogP contribution < -0.4 is 10.6 Å². The van der Waals surface area contributed by atoms with Gasteiger partial charge in [0.25, 0.3) is 0 Å². The molecule has 1 amide bonds. The van der Waals surface area contributed by atoms with Crippen LogP contribution in [0.15, 0.2) is 0 Å². The Morgan fingerprint density at radius 2 is 2.36 bits per heavy atom. The average molecular weight is 198 g/mol. The molecular formula is C10H18N2O2. The first-order chi connectivity index (χ1) is 6.79. The van der Waals surface area contributed by atoms with Crippen LogP contribution in [0.5, 0.6) is 0 Å². The summed E-state index contributed by atoms with van der Waals surface area (Å²) in [6, 6.07) is -0.0517. The topological polar surface area (TPSA) is 50.4 Å². The molecule has 4 nitrogen and oxygen atoms in total. The lowest BCUT2D eigenvalue weighted by molar-refractivity contribution is -0.122. The van der Waals surface area contributed by atoms with Gasteiger partial charge in [-0.25, -0.2) is 0 Å². The smallest absolute Gasteiger partial charge is 0.236 e. The number of carbonyl (C=O) groups is 1. The predicted octanol–water partition coefficient (Wildman–Crippen LogP) is -0.111. The van der Waals surface area contributed by atoms with Crippen molar-refractivity contribution in [3.8, 4) is 0 Å². The number of nitrogens with one attached hydrogen (secondary N) is 2. The Hall–Kier alpha value is -0.610. The summed E-state index contributed by atoms with van der Waals surface area (Å²) >= 11 is 0. The molecule has 1 heterocycles. The summed E-state index contributed by atoms with van der Waals surface area (Å²) in [5.74, 6) is 0.872. The van der Waals surface area contributed by atoms with E-state index in [1.54, 1.807) is 7.05 Å². The Bertz CT molecular complexity index is 216. The van der Waals surface area contributed by atoms with Crippen LogP contribution in [0.25, 0.3) is 0 Å². The van der Waals surface area contributed by atoms with Crippen molar-refractivity contribution in [3.05, 3.63) is 0 Å². The molecule has 0 bridgehead atoms. The van der Waals surface area contributed by atoms with E-state index < -0.39 is 0 Å². The minimum absolute atomic E-state index is 0.0517. The van der Waals surface area contributed by atoms with Gasteiger partial charge in [0, 0.05) is 20.2 Å². The quantitative estimate of drug-likeness (QED) is 0.662. The fraction of sp³-hybridized carbons (Fsp3) is 0.900. The SMILES string of the molecule is CNC(=O)[C@@H]1C[C@@H](OCC2CC2)CN1. The highest BCUT2D eigenvalue weighted by atomic mass is 16.5. The number of hydrogen-bond donors (Lipinski definition) is 2. The fourth-order valence-corrected chi connectivity index (χ4v) is 1.76. The van der Waals surface area contributed by atoms with Gasteiger partial charge in [-0.2, -0.15) is 0 Å². The van der Waals surface area contributed by atoms with E-state index in [0.717, 1.165) is 25.5 Å². The van der Waals surface area contributed by atoms with E-state index in [0.29, 0.717) is 0 Å². The van der Waals surface area contributed by atoms with E-state index in [2.05, 4.69) is 10.6 Å². The molecule has 0 aromatic carbocycles. The van der Waals surface area contributed by atoms with Gasteiger partial charge in [0.15, 0.2) is 0 Å². The Labute approximate surface area is 84.4 Å². The third-order valence-corrected chi connectivity index (χ3v) is 2.92. The van der Waals surface area contributed by atoms with E-state index in [1.807, 2.05) is 0 Å². The summed E-state index contributed by atoms with van der Waals surface area (Å²) < 4.78 is 5.71. The third-order valence-electron chi connectivity index (χ3n) is 2.92. The largest absolute Gasteiger partial charge is 0.377 e. The standard InChI is InChI=1S/C10H18N2O2/c1-11-10(13)9-4-8(5-12-9)14-6-7-2-3-7/h7-9,12H,2-6H2,1H3,(H,11,13)/t8-,9+/m1/s1. The molecule has 2 aliphatic rings. The van der Waals surface area contributed by atoms with Gasteiger partial charge >= 0.3 is 0 Å². The van der Waals surface area contributed by atoms with Gasteiger partial charge in [-0.15, -0.1) is 0 Å². The van der Waals surface area contributed by atoms with Gasteiger partial charge in [0.05, 0.1) is 12.1 Å². The summed E-state index contributed by atoms with van der Waals surface area (Å²) in [7, 11) is 1.67. The summed E-state index contributed by atoms with van der Waals surface area (Å²) in [5.41, 5.74) is 0. The van der Waals surface area contributed by atoms with Crippen molar-refractivity contribution < 1.29 is 9.53 Å². The van der Waals surface area contributed by atoms with Gasteiger partial charge in [0.2, 0.25) is 5.91 Å². The zero-order valence-corrected chi connectivity index (χ0v) is 8.58. The molecule has 14 heavy (non-hydrogen) atoms. The van der Waals surface area contributed by atoms with Gasteiger partial charge in [-0.05, 0) is 25.2 Å². The Morgan fingerprint density at radius 3 is 3.00 bits per heavy atom. The second-order valence-corrected chi connectivity index (χ2v) is 4.21. The van der Waals surface area contributed by atoms with Crippen LogP contribution in [0.3, 0.4) is 0 Å². The van der Waals surface area contributed by atoms with Crippen LogP contribution in [-0.4, -0.2) is 38.3 Å².